The van der Waals surface area contributed by atoms with Crippen molar-refractivity contribution in [3.05, 3.63) is 94.7 Å². The molecule has 1 aliphatic rings. The molecule has 2 aromatic carbocycles. The van der Waals surface area contributed by atoms with E-state index in [0.717, 1.165) is 15.8 Å². The molecule has 0 saturated carbocycles. The number of fused-ring (bicyclic) bond motifs is 1. The van der Waals surface area contributed by atoms with Gasteiger partial charge in [-0.3, -0.25) is 9.59 Å². The second kappa shape index (κ2) is 8.83. The Morgan fingerprint density at radius 1 is 1.00 bits per heavy atom. The maximum Gasteiger partial charge on any atom is 0.270 e. The molecular formula is C26H24FN3O2S. The quantitative estimate of drug-likeness (QED) is 0.435. The van der Waals surface area contributed by atoms with Crippen molar-refractivity contribution in [1.29, 1.82) is 0 Å². The summed E-state index contributed by atoms with van der Waals surface area (Å²) in [5.74, 6) is -0.360. The number of hydrogen-bond donors (Lipinski definition) is 0. The number of thiophene rings is 1. The fourth-order valence-electron chi connectivity index (χ4n) is 4.48. The minimum atomic E-state index is -0.289. The van der Waals surface area contributed by atoms with E-state index < -0.39 is 0 Å². The average molecular weight is 462 g/mol. The van der Waals surface area contributed by atoms with Crippen LogP contribution in [0.1, 0.15) is 33.3 Å². The van der Waals surface area contributed by atoms with Crippen LogP contribution in [-0.4, -0.2) is 51.9 Å². The third kappa shape index (κ3) is 4.16. The Hall–Kier alpha value is -3.45. The van der Waals surface area contributed by atoms with E-state index in [9.17, 15) is 14.0 Å². The number of aromatic nitrogens is 1. The van der Waals surface area contributed by atoms with Crippen molar-refractivity contribution in [2.24, 2.45) is 0 Å². The number of amides is 2. The van der Waals surface area contributed by atoms with Gasteiger partial charge in [-0.05, 0) is 54.3 Å². The maximum absolute atomic E-state index is 13.8. The summed E-state index contributed by atoms with van der Waals surface area (Å²) < 4.78 is 15.7. The Balaban J connectivity index is 1.37. The third-order valence-corrected chi connectivity index (χ3v) is 7.10. The Labute approximate surface area is 195 Å². The van der Waals surface area contributed by atoms with Crippen molar-refractivity contribution in [1.82, 2.24) is 14.4 Å². The molecule has 5 nitrogen and oxygen atoms in total. The van der Waals surface area contributed by atoms with Crippen LogP contribution in [0.2, 0.25) is 0 Å². The number of carbonyl (C=O) groups is 2. The molecule has 5 rings (SSSR count). The molecule has 7 heteroatoms. The Morgan fingerprint density at radius 2 is 1.82 bits per heavy atom. The molecule has 3 heterocycles. The predicted molar refractivity (Wildman–Crippen MR) is 128 cm³/mol. The second-order valence-electron chi connectivity index (χ2n) is 8.39. The van der Waals surface area contributed by atoms with Crippen molar-refractivity contribution in [2.75, 3.05) is 19.6 Å². The first kappa shape index (κ1) is 21.4. The Morgan fingerprint density at radius 3 is 2.58 bits per heavy atom. The largest absolute Gasteiger partial charge is 0.334 e. The zero-order chi connectivity index (χ0) is 22.9. The van der Waals surface area contributed by atoms with Crippen LogP contribution in [0.25, 0.3) is 10.2 Å². The lowest BCUT2D eigenvalue weighted by Gasteiger charge is -2.40. The fraction of sp³-hybridized carbons (Fsp3) is 0.231. The topological polar surface area (TPSA) is 45.6 Å². The van der Waals surface area contributed by atoms with Crippen LogP contribution in [0.5, 0.6) is 0 Å². The number of piperazine rings is 1. The summed E-state index contributed by atoms with van der Waals surface area (Å²) in [7, 11) is 0. The summed E-state index contributed by atoms with van der Waals surface area (Å²) in [6.07, 6.45) is 0. The number of rotatable bonds is 4. The second-order valence-corrected chi connectivity index (χ2v) is 9.29. The molecule has 0 unspecified atom stereocenters. The molecular weight excluding hydrogens is 437 g/mol. The molecule has 1 aliphatic heterocycles. The van der Waals surface area contributed by atoms with Gasteiger partial charge in [-0.15, -0.1) is 11.3 Å². The SMILES string of the molecule is C[C@@H]1CN(C(=O)c2cc3ccsc3n2Cc2cccc(F)c2)CCN1C(=O)c1ccccc1. The van der Waals surface area contributed by atoms with Gasteiger partial charge >= 0.3 is 0 Å². The van der Waals surface area contributed by atoms with Gasteiger partial charge < -0.3 is 14.4 Å². The molecule has 1 atom stereocenters. The van der Waals surface area contributed by atoms with Crippen molar-refractivity contribution >= 4 is 33.4 Å². The third-order valence-electron chi connectivity index (χ3n) is 6.15. The first-order valence-electron chi connectivity index (χ1n) is 11.0. The minimum absolute atomic E-state index is 0.00908. The van der Waals surface area contributed by atoms with Crippen LogP contribution in [-0.2, 0) is 6.54 Å². The number of halogens is 1. The van der Waals surface area contributed by atoms with Crippen LogP contribution >= 0.6 is 11.3 Å². The molecule has 4 aromatic rings. The first-order valence-corrected chi connectivity index (χ1v) is 11.9. The molecule has 2 amide bonds. The van der Waals surface area contributed by atoms with Crippen molar-refractivity contribution in [3.63, 3.8) is 0 Å². The molecule has 168 valence electrons. The van der Waals surface area contributed by atoms with Crippen LogP contribution in [0.15, 0.2) is 72.1 Å². The zero-order valence-corrected chi connectivity index (χ0v) is 19.1. The molecule has 0 radical (unpaired) electrons. The summed E-state index contributed by atoms with van der Waals surface area (Å²) in [4.78, 5) is 31.1. The van der Waals surface area contributed by atoms with E-state index in [-0.39, 0.29) is 23.7 Å². The average Bonchev–Trinajstić information content (AvgIpc) is 3.41. The lowest BCUT2D eigenvalue weighted by atomic mass is 10.1. The number of nitrogens with zero attached hydrogens (tertiary/aromatic N) is 3. The van der Waals surface area contributed by atoms with E-state index in [0.29, 0.717) is 37.4 Å². The van der Waals surface area contributed by atoms with Crippen LogP contribution < -0.4 is 0 Å². The van der Waals surface area contributed by atoms with E-state index in [1.54, 1.807) is 17.4 Å². The molecule has 0 aliphatic carbocycles. The van der Waals surface area contributed by atoms with Crippen LogP contribution in [0.4, 0.5) is 4.39 Å². The molecule has 33 heavy (non-hydrogen) atoms. The highest BCUT2D eigenvalue weighted by Gasteiger charge is 2.32. The minimum Gasteiger partial charge on any atom is -0.334 e. The van der Waals surface area contributed by atoms with Gasteiger partial charge in [-0.2, -0.15) is 0 Å². The summed E-state index contributed by atoms with van der Waals surface area (Å²) in [5.41, 5.74) is 2.06. The molecule has 1 fully saturated rings. The van der Waals surface area contributed by atoms with Gasteiger partial charge in [0.05, 0.1) is 0 Å². The highest BCUT2D eigenvalue weighted by atomic mass is 32.1. The Bertz CT molecular complexity index is 1310. The highest BCUT2D eigenvalue weighted by molar-refractivity contribution is 7.16. The highest BCUT2D eigenvalue weighted by Crippen LogP contribution is 2.28. The van der Waals surface area contributed by atoms with Gasteiger partial charge in [0.1, 0.15) is 16.3 Å². The summed E-state index contributed by atoms with van der Waals surface area (Å²) in [6.45, 7) is 3.83. The van der Waals surface area contributed by atoms with E-state index in [4.69, 9.17) is 0 Å². The standard InChI is InChI=1S/C26H24FN3O2S/c1-18-16-28(11-12-29(18)24(31)20-7-3-2-4-8-20)25(32)23-15-21-10-13-33-26(21)30(23)17-19-6-5-9-22(27)14-19/h2-10,13-15,18H,11-12,16-17H2,1H3/t18-/m1/s1. The molecule has 0 bridgehead atoms. The van der Waals surface area contributed by atoms with Gasteiger partial charge in [0.2, 0.25) is 0 Å². The van der Waals surface area contributed by atoms with Crippen molar-refractivity contribution in [2.45, 2.75) is 19.5 Å². The molecule has 0 spiro atoms. The van der Waals surface area contributed by atoms with E-state index in [1.165, 1.54) is 12.1 Å². The van der Waals surface area contributed by atoms with Gasteiger partial charge in [0, 0.05) is 43.2 Å². The van der Waals surface area contributed by atoms with Crippen LogP contribution in [0, 0.1) is 5.82 Å². The predicted octanol–water partition coefficient (Wildman–Crippen LogP) is 4.88. The van der Waals surface area contributed by atoms with Crippen molar-refractivity contribution < 1.29 is 14.0 Å². The fourth-order valence-corrected chi connectivity index (χ4v) is 5.38. The lowest BCUT2D eigenvalue weighted by Crippen LogP contribution is -2.55. The summed E-state index contributed by atoms with van der Waals surface area (Å²) >= 11 is 1.57. The van der Waals surface area contributed by atoms with E-state index >= 15 is 0 Å². The van der Waals surface area contributed by atoms with E-state index in [2.05, 4.69) is 0 Å². The number of benzene rings is 2. The number of carbonyl (C=O) groups excluding carboxylic acids is 2. The van der Waals surface area contributed by atoms with Gasteiger partial charge in [0.15, 0.2) is 0 Å². The summed E-state index contributed by atoms with van der Waals surface area (Å²) in [5, 5.41) is 3.00. The molecule has 0 N–H and O–H groups in total. The van der Waals surface area contributed by atoms with E-state index in [1.807, 2.05) is 75.2 Å². The maximum atomic E-state index is 13.8. The van der Waals surface area contributed by atoms with Gasteiger partial charge in [-0.25, -0.2) is 4.39 Å². The zero-order valence-electron chi connectivity index (χ0n) is 18.3. The number of hydrogen-bond acceptors (Lipinski definition) is 3. The van der Waals surface area contributed by atoms with Gasteiger partial charge in [0.25, 0.3) is 11.8 Å². The lowest BCUT2D eigenvalue weighted by molar-refractivity contribution is 0.0409. The summed E-state index contributed by atoms with van der Waals surface area (Å²) in [6, 6.07) is 19.5. The first-order chi connectivity index (χ1) is 16.0. The van der Waals surface area contributed by atoms with Crippen LogP contribution in [0.3, 0.4) is 0 Å². The van der Waals surface area contributed by atoms with Crippen molar-refractivity contribution in [3.8, 4) is 0 Å². The smallest absolute Gasteiger partial charge is 0.270 e. The normalized spacial score (nSPS) is 16.4. The molecule has 1 saturated heterocycles. The molecule has 2 aromatic heterocycles. The Kier molecular flexibility index (Phi) is 5.72. The monoisotopic (exact) mass is 461 g/mol. The van der Waals surface area contributed by atoms with Gasteiger partial charge in [-0.1, -0.05) is 30.3 Å².